The van der Waals surface area contributed by atoms with E-state index in [1.54, 1.807) is 30.3 Å². The number of benzene rings is 2. The average Bonchev–Trinajstić information content (AvgIpc) is 2.67. The number of hydrogen-bond donors (Lipinski definition) is 1. The van der Waals surface area contributed by atoms with Gasteiger partial charge in [0.1, 0.15) is 5.58 Å². The molecule has 1 amide bonds. The Labute approximate surface area is 168 Å². The summed E-state index contributed by atoms with van der Waals surface area (Å²) in [5, 5.41) is 3.14. The standard InChI is InChI=1S/C23H23NO5/c1-4-5-10-28-23(27)16-6-8-17(9-7-16)24-22(26)20-13-18(25)21-15(3)11-14(2)12-19(21)29-20/h6-9,11-13H,4-5,10H2,1-3H3,(H,24,26). The fourth-order valence-corrected chi connectivity index (χ4v) is 3.05. The molecule has 2 aromatic carbocycles. The van der Waals surface area contributed by atoms with Crippen LogP contribution in [0.5, 0.6) is 0 Å². The first kappa shape index (κ1) is 20.3. The number of aryl methyl sites for hydroxylation is 2. The molecule has 0 saturated heterocycles. The maximum atomic E-state index is 12.5. The molecule has 0 aliphatic carbocycles. The van der Waals surface area contributed by atoms with E-state index >= 15 is 0 Å². The predicted octanol–water partition coefficient (Wildman–Crippen LogP) is 4.62. The minimum Gasteiger partial charge on any atom is -0.462 e. The Kier molecular flexibility index (Phi) is 6.12. The number of carbonyl (C=O) groups is 2. The molecule has 0 spiro atoms. The second-order valence-corrected chi connectivity index (χ2v) is 6.95. The fourth-order valence-electron chi connectivity index (χ4n) is 3.05. The summed E-state index contributed by atoms with van der Waals surface area (Å²) in [6.07, 6.45) is 1.76. The van der Waals surface area contributed by atoms with Crippen molar-refractivity contribution in [3.05, 3.63) is 75.1 Å². The van der Waals surface area contributed by atoms with Crippen LogP contribution in [0.4, 0.5) is 5.69 Å². The summed E-state index contributed by atoms with van der Waals surface area (Å²) in [6.45, 7) is 6.13. The topological polar surface area (TPSA) is 85.6 Å². The molecule has 1 heterocycles. The fraction of sp³-hybridized carbons (Fsp3) is 0.261. The van der Waals surface area contributed by atoms with Crippen LogP contribution in [0, 0.1) is 13.8 Å². The molecule has 0 aliphatic rings. The first-order valence-corrected chi connectivity index (χ1v) is 9.52. The van der Waals surface area contributed by atoms with Crippen molar-refractivity contribution in [3.8, 4) is 0 Å². The Morgan fingerprint density at radius 1 is 1.07 bits per heavy atom. The molecule has 1 N–H and O–H groups in total. The van der Waals surface area contributed by atoms with E-state index in [0.29, 0.717) is 28.8 Å². The van der Waals surface area contributed by atoms with E-state index in [9.17, 15) is 14.4 Å². The molecule has 3 aromatic rings. The van der Waals surface area contributed by atoms with Crippen LogP contribution >= 0.6 is 0 Å². The summed E-state index contributed by atoms with van der Waals surface area (Å²) in [5.74, 6) is -1.01. The van der Waals surface area contributed by atoms with E-state index in [1.807, 2.05) is 26.8 Å². The second-order valence-electron chi connectivity index (χ2n) is 6.95. The van der Waals surface area contributed by atoms with Crippen LogP contribution in [0.1, 0.15) is 51.8 Å². The van der Waals surface area contributed by atoms with Crippen molar-refractivity contribution in [1.82, 2.24) is 0 Å². The lowest BCUT2D eigenvalue weighted by Crippen LogP contribution is -2.15. The van der Waals surface area contributed by atoms with Gasteiger partial charge in [-0.2, -0.15) is 0 Å². The number of nitrogens with one attached hydrogen (secondary N) is 1. The summed E-state index contributed by atoms with van der Waals surface area (Å²) in [5.41, 5.74) is 2.74. The maximum absolute atomic E-state index is 12.5. The largest absolute Gasteiger partial charge is 0.462 e. The minimum atomic E-state index is -0.540. The van der Waals surface area contributed by atoms with Crippen molar-refractivity contribution in [3.63, 3.8) is 0 Å². The van der Waals surface area contributed by atoms with Crippen LogP contribution < -0.4 is 10.7 Å². The van der Waals surface area contributed by atoms with Gasteiger partial charge in [0, 0.05) is 11.8 Å². The zero-order chi connectivity index (χ0) is 21.0. The molecule has 1 aromatic heterocycles. The average molecular weight is 393 g/mol. The molecule has 0 aliphatic heterocycles. The molecule has 6 nitrogen and oxygen atoms in total. The van der Waals surface area contributed by atoms with Crippen molar-refractivity contribution < 1.29 is 18.7 Å². The molecule has 0 unspecified atom stereocenters. The van der Waals surface area contributed by atoms with Crippen molar-refractivity contribution in [2.45, 2.75) is 33.6 Å². The highest BCUT2D eigenvalue weighted by Crippen LogP contribution is 2.19. The Bertz CT molecular complexity index is 1110. The molecule has 150 valence electrons. The summed E-state index contributed by atoms with van der Waals surface area (Å²) in [4.78, 5) is 36.9. The number of carbonyl (C=O) groups excluding carboxylic acids is 2. The first-order valence-electron chi connectivity index (χ1n) is 9.52. The SMILES string of the molecule is CCCCOC(=O)c1ccc(NC(=O)c2cc(=O)c3c(C)cc(C)cc3o2)cc1. The van der Waals surface area contributed by atoms with Gasteiger partial charge in [0.15, 0.2) is 11.2 Å². The summed E-state index contributed by atoms with van der Waals surface area (Å²) in [6, 6.07) is 11.2. The van der Waals surface area contributed by atoms with E-state index < -0.39 is 11.9 Å². The Morgan fingerprint density at radius 3 is 2.48 bits per heavy atom. The first-order chi connectivity index (χ1) is 13.9. The highest BCUT2D eigenvalue weighted by Gasteiger charge is 2.15. The van der Waals surface area contributed by atoms with Gasteiger partial charge in [-0.1, -0.05) is 19.4 Å². The van der Waals surface area contributed by atoms with Gasteiger partial charge >= 0.3 is 5.97 Å². The second kappa shape index (κ2) is 8.73. The normalized spacial score (nSPS) is 10.7. The summed E-state index contributed by atoms with van der Waals surface area (Å²) < 4.78 is 10.8. The van der Waals surface area contributed by atoms with Crippen LogP contribution in [0.2, 0.25) is 0 Å². The third-order valence-corrected chi connectivity index (χ3v) is 4.51. The number of hydrogen-bond acceptors (Lipinski definition) is 5. The Hall–Kier alpha value is -3.41. The predicted molar refractivity (Wildman–Crippen MR) is 112 cm³/mol. The molecule has 0 saturated carbocycles. The van der Waals surface area contributed by atoms with Gasteiger partial charge in [-0.05, 0) is 61.7 Å². The van der Waals surface area contributed by atoms with E-state index in [1.165, 1.54) is 6.07 Å². The van der Waals surface area contributed by atoms with Gasteiger partial charge in [-0.25, -0.2) is 4.79 Å². The van der Waals surface area contributed by atoms with Gasteiger partial charge in [0.25, 0.3) is 5.91 Å². The number of amides is 1. The lowest BCUT2D eigenvalue weighted by Gasteiger charge is -2.08. The molecule has 0 fully saturated rings. The molecular formula is C23H23NO5. The van der Waals surface area contributed by atoms with Crippen molar-refractivity contribution in [2.24, 2.45) is 0 Å². The maximum Gasteiger partial charge on any atom is 0.338 e. The lowest BCUT2D eigenvalue weighted by atomic mass is 10.1. The monoisotopic (exact) mass is 393 g/mol. The van der Waals surface area contributed by atoms with E-state index in [-0.39, 0.29) is 11.2 Å². The lowest BCUT2D eigenvalue weighted by molar-refractivity contribution is 0.0499. The summed E-state index contributed by atoms with van der Waals surface area (Å²) >= 11 is 0. The molecular weight excluding hydrogens is 370 g/mol. The van der Waals surface area contributed by atoms with Crippen LogP contribution in [0.3, 0.4) is 0 Å². The van der Waals surface area contributed by atoms with Crippen molar-refractivity contribution in [2.75, 3.05) is 11.9 Å². The van der Waals surface area contributed by atoms with E-state index in [2.05, 4.69) is 5.32 Å². The number of unbranched alkanes of at least 4 members (excludes halogenated alkanes) is 1. The molecule has 0 bridgehead atoms. The quantitative estimate of drug-likeness (QED) is 0.488. The smallest absolute Gasteiger partial charge is 0.338 e. The molecule has 0 atom stereocenters. The van der Waals surface area contributed by atoms with Gasteiger partial charge < -0.3 is 14.5 Å². The molecule has 6 heteroatoms. The number of ether oxygens (including phenoxy) is 1. The Balaban J connectivity index is 1.76. The molecule has 29 heavy (non-hydrogen) atoms. The van der Waals surface area contributed by atoms with Crippen molar-refractivity contribution >= 4 is 28.5 Å². The van der Waals surface area contributed by atoms with Gasteiger partial charge in [0.05, 0.1) is 17.6 Å². The van der Waals surface area contributed by atoms with Crippen LogP contribution in [0.15, 0.2) is 51.7 Å². The minimum absolute atomic E-state index is 0.0736. The van der Waals surface area contributed by atoms with Gasteiger partial charge in [-0.15, -0.1) is 0 Å². The van der Waals surface area contributed by atoms with Crippen LogP contribution in [-0.4, -0.2) is 18.5 Å². The van der Waals surface area contributed by atoms with Crippen molar-refractivity contribution in [1.29, 1.82) is 0 Å². The zero-order valence-corrected chi connectivity index (χ0v) is 16.7. The van der Waals surface area contributed by atoms with Gasteiger partial charge in [0.2, 0.25) is 0 Å². The van der Waals surface area contributed by atoms with Gasteiger partial charge in [-0.3, -0.25) is 9.59 Å². The van der Waals surface area contributed by atoms with E-state index in [0.717, 1.165) is 24.0 Å². The van der Waals surface area contributed by atoms with Crippen LogP contribution in [0.25, 0.3) is 11.0 Å². The molecule has 0 radical (unpaired) electrons. The highest BCUT2D eigenvalue weighted by molar-refractivity contribution is 6.03. The number of fused-ring (bicyclic) bond motifs is 1. The third-order valence-electron chi connectivity index (χ3n) is 4.51. The highest BCUT2D eigenvalue weighted by atomic mass is 16.5. The zero-order valence-electron chi connectivity index (χ0n) is 16.7. The van der Waals surface area contributed by atoms with Crippen LogP contribution in [-0.2, 0) is 4.74 Å². The molecule has 3 rings (SSSR count). The number of anilines is 1. The Morgan fingerprint density at radius 2 is 1.79 bits per heavy atom. The van der Waals surface area contributed by atoms with E-state index in [4.69, 9.17) is 9.15 Å². The third kappa shape index (κ3) is 4.71. The number of rotatable bonds is 6. The summed E-state index contributed by atoms with van der Waals surface area (Å²) in [7, 11) is 0. The number of esters is 1.